The van der Waals surface area contributed by atoms with Gasteiger partial charge in [-0.2, -0.15) is 0 Å². The fraction of sp³-hybridized carbons (Fsp3) is 0.917. The molecule has 1 aliphatic rings. The van der Waals surface area contributed by atoms with Crippen molar-refractivity contribution < 1.29 is 9.53 Å². The van der Waals surface area contributed by atoms with E-state index in [1.807, 2.05) is 6.92 Å². The Balaban J connectivity index is 2.21. The van der Waals surface area contributed by atoms with Crippen LogP contribution < -0.4 is 5.32 Å². The maximum absolute atomic E-state index is 11.2. The summed E-state index contributed by atoms with van der Waals surface area (Å²) >= 11 is 0. The number of hydrogen-bond acceptors (Lipinski definition) is 3. The second kappa shape index (κ2) is 6.11. The Kier molecular flexibility index (Phi) is 5.09. The topological polar surface area (TPSA) is 38.3 Å². The monoisotopic (exact) mass is 213 g/mol. The standard InChI is InChI=1S/C12H23NO2/c1-9-5-4-6-11(7-9)13-8-10(2)12(14)15-3/h9-11,13H,4-8H2,1-3H3. The van der Waals surface area contributed by atoms with Crippen molar-refractivity contribution in [3.63, 3.8) is 0 Å². The van der Waals surface area contributed by atoms with Gasteiger partial charge < -0.3 is 10.1 Å². The molecule has 1 saturated carbocycles. The molecule has 0 aromatic heterocycles. The summed E-state index contributed by atoms with van der Waals surface area (Å²) in [5.74, 6) is 0.670. The lowest BCUT2D eigenvalue weighted by Gasteiger charge is -2.28. The van der Waals surface area contributed by atoms with Crippen molar-refractivity contribution in [3.8, 4) is 0 Å². The van der Waals surface area contributed by atoms with E-state index >= 15 is 0 Å². The quantitative estimate of drug-likeness (QED) is 0.726. The third kappa shape index (κ3) is 4.20. The van der Waals surface area contributed by atoms with E-state index in [1.165, 1.54) is 32.8 Å². The van der Waals surface area contributed by atoms with Gasteiger partial charge in [-0.15, -0.1) is 0 Å². The first-order valence-electron chi connectivity index (χ1n) is 5.94. The second-order valence-electron chi connectivity index (χ2n) is 4.80. The predicted molar refractivity (Wildman–Crippen MR) is 60.6 cm³/mol. The van der Waals surface area contributed by atoms with E-state index < -0.39 is 0 Å². The largest absolute Gasteiger partial charge is 0.469 e. The first-order chi connectivity index (χ1) is 7.13. The smallest absolute Gasteiger partial charge is 0.309 e. The highest BCUT2D eigenvalue weighted by atomic mass is 16.5. The van der Waals surface area contributed by atoms with Crippen molar-refractivity contribution in [1.29, 1.82) is 0 Å². The summed E-state index contributed by atoms with van der Waals surface area (Å²) in [6, 6.07) is 0.598. The van der Waals surface area contributed by atoms with Gasteiger partial charge in [0.1, 0.15) is 0 Å². The third-order valence-corrected chi connectivity index (χ3v) is 3.25. The van der Waals surface area contributed by atoms with Crippen LogP contribution in [0.2, 0.25) is 0 Å². The number of ether oxygens (including phenoxy) is 1. The van der Waals surface area contributed by atoms with Crippen molar-refractivity contribution >= 4 is 5.97 Å². The number of hydrogen-bond donors (Lipinski definition) is 1. The minimum absolute atomic E-state index is 0.0350. The highest BCUT2D eigenvalue weighted by Crippen LogP contribution is 2.23. The van der Waals surface area contributed by atoms with Gasteiger partial charge in [-0.25, -0.2) is 0 Å². The molecule has 0 bridgehead atoms. The zero-order valence-corrected chi connectivity index (χ0v) is 10.1. The number of nitrogens with one attached hydrogen (secondary N) is 1. The van der Waals surface area contributed by atoms with Gasteiger partial charge in [0.05, 0.1) is 13.0 Å². The molecule has 0 aromatic carbocycles. The minimum atomic E-state index is -0.119. The first-order valence-corrected chi connectivity index (χ1v) is 5.94. The lowest BCUT2D eigenvalue weighted by molar-refractivity contribution is -0.144. The summed E-state index contributed by atoms with van der Waals surface area (Å²) in [6.07, 6.45) is 5.16. The van der Waals surface area contributed by atoms with Crippen molar-refractivity contribution in [2.75, 3.05) is 13.7 Å². The molecule has 15 heavy (non-hydrogen) atoms. The average molecular weight is 213 g/mol. The fourth-order valence-electron chi connectivity index (χ4n) is 2.25. The molecule has 3 nitrogen and oxygen atoms in total. The van der Waals surface area contributed by atoms with Crippen molar-refractivity contribution in [3.05, 3.63) is 0 Å². The maximum atomic E-state index is 11.2. The Morgan fingerprint density at radius 1 is 1.53 bits per heavy atom. The highest BCUT2D eigenvalue weighted by Gasteiger charge is 2.20. The van der Waals surface area contributed by atoms with E-state index in [1.54, 1.807) is 0 Å². The average Bonchev–Trinajstić information content (AvgIpc) is 2.25. The number of esters is 1. The Hall–Kier alpha value is -0.570. The summed E-state index contributed by atoms with van der Waals surface area (Å²) in [5.41, 5.74) is 0. The number of rotatable bonds is 4. The van der Waals surface area contributed by atoms with Crippen LogP contribution in [0.25, 0.3) is 0 Å². The summed E-state index contributed by atoms with van der Waals surface area (Å²) in [7, 11) is 1.45. The zero-order valence-electron chi connectivity index (χ0n) is 10.1. The van der Waals surface area contributed by atoms with Crippen LogP contribution in [0.1, 0.15) is 39.5 Å². The molecule has 0 saturated heterocycles. The van der Waals surface area contributed by atoms with Gasteiger partial charge in [-0.3, -0.25) is 4.79 Å². The zero-order chi connectivity index (χ0) is 11.3. The molecule has 3 atom stereocenters. The molecule has 0 aliphatic heterocycles. The van der Waals surface area contributed by atoms with Gasteiger partial charge in [-0.1, -0.05) is 26.7 Å². The first kappa shape index (κ1) is 12.5. The second-order valence-corrected chi connectivity index (χ2v) is 4.80. The van der Waals surface area contributed by atoms with Crippen LogP contribution in [0.5, 0.6) is 0 Å². The Morgan fingerprint density at radius 3 is 2.87 bits per heavy atom. The van der Waals surface area contributed by atoms with Crippen LogP contribution in [0.4, 0.5) is 0 Å². The molecule has 1 aliphatic carbocycles. The van der Waals surface area contributed by atoms with Crippen LogP contribution in [0, 0.1) is 11.8 Å². The molecular formula is C12H23NO2. The summed E-state index contributed by atoms with van der Waals surface area (Å²) in [5, 5.41) is 3.47. The summed E-state index contributed by atoms with van der Waals surface area (Å²) in [4.78, 5) is 11.2. The van der Waals surface area contributed by atoms with Crippen LogP contribution in [-0.4, -0.2) is 25.7 Å². The van der Waals surface area contributed by atoms with Crippen molar-refractivity contribution in [1.82, 2.24) is 5.32 Å². The van der Waals surface area contributed by atoms with Gasteiger partial charge in [0.15, 0.2) is 0 Å². The Morgan fingerprint density at radius 2 is 2.27 bits per heavy atom. The molecule has 1 N–H and O–H groups in total. The van der Waals surface area contributed by atoms with Crippen molar-refractivity contribution in [2.45, 2.75) is 45.6 Å². The van der Waals surface area contributed by atoms with Gasteiger partial charge in [0.2, 0.25) is 0 Å². The molecule has 1 fully saturated rings. The Bertz CT molecular complexity index is 206. The van der Waals surface area contributed by atoms with Gasteiger partial charge in [0.25, 0.3) is 0 Å². The van der Waals surface area contributed by atoms with Gasteiger partial charge >= 0.3 is 5.97 Å². The minimum Gasteiger partial charge on any atom is -0.469 e. The lowest BCUT2D eigenvalue weighted by atomic mass is 9.87. The van der Waals surface area contributed by atoms with E-state index in [9.17, 15) is 4.79 Å². The molecule has 1 rings (SSSR count). The van der Waals surface area contributed by atoms with Crippen LogP contribution in [0.15, 0.2) is 0 Å². The van der Waals surface area contributed by atoms with E-state index in [4.69, 9.17) is 4.74 Å². The lowest BCUT2D eigenvalue weighted by Crippen LogP contribution is -2.38. The number of methoxy groups -OCH3 is 1. The van der Waals surface area contributed by atoms with Crippen molar-refractivity contribution in [2.24, 2.45) is 11.8 Å². The summed E-state index contributed by atoms with van der Waals surface area (Å²) < 4.78 is 4.69. The van der Waals surface area contributed by atoms with Crippen LogP contribution in [0.3, 0.4) is 0 Å². The summed E-state index contributed by atoms with van der Waals surface area (Å²) in [6.45, 7) is 4.95. The fourth-order valence-corrected chi connectivity index (χ4v) is 2.25. The maximum Gasteiger partial charge on any atom is 0.309 e. The van der Waals surface area contributed by atoms with Gasteiger partial charge in [-0.05, 0) is 18.8 Å². The molecule has 3 heteroatoms. The molecule has 0 spiro atoms. The van der Waals surface area contributed by atoms with Gasteiger partial charge in [0, 0.05) is 12.6 Å². The number of carbonyl (C=O) groups is 1. The highest BCUT2D eigenvalue weighted by molar-refractivity contribution is 5.72. The molecule has 3 unspecified atom stereocenters. The molecule has 0 heterocycles. The Labute approximate surface area is 92.6 Å². The van der Waals surface area contributed by atoms with E-state index in [0.717, 1.165) is 12.5 Å². The van der Waals surface area contributed by atoms with Crippen LogP contribution >= 0.6 is 0 Å². The van der Waals surface area contributed by atoms with Crippen LogP contribution in [-0.2, 0) is 9.53 Å². The van der Waals surface area contributed by atoms with E-state index in [0.29, 0.717) is 6.04 Å². The third-order valence-electron chi connectivity index (χ3n) is 3.25. The normalized spacial score (nSPS) is 28.5. The molecule has 0 radical (unpaired) electrons. The molecule has 88 valence electrons. The molecule has 0 aromatic rings. The molecular weight excluding hydrogens is 190 g/mol. The van der Waals surface area contributed by atoms with E-state index in [2.05, 4.69) is 12.2 Å². The van der Waals surface area contributed by atoms with E-state index in [-0.39, 0.29) is 11.9 Å². The number of carbonyl (C=O) groups excluding carboxylic acids is 1. The predicted octanol–water partition coefficient (Wildman–Crippen LogP) is 1.96. The SMILES string of the molecule is COC(=O)C(C)CNC1CCCC(C)C1. The molecule has 0 amide bonds.